The highest BCUT2D eigenvalue weighted by molar-refractivity contribution is 5.66. The highest BCUT2D eigenvalue weighted by atomic mass is 16.5. The van der Waals surface area contributed by atoms with Gasteiger partial charge in [0.1, 0.15) is 5.75 Å². The van der Waals surface area contributed by atoms with E-state index in [0.717, 1.165) is 11.1 Å². The molecular formula is C13H13N5O2. The molecule has 0 unspecified atom stereocenters. The zero-order valence-corrected chi connectivity index (χ0v) is 11.1. The molecule has 0 aliphatic heterocycles. The Morgan fingerprint density at radius 3 is 2.80 bits per heavy atom. The molecule has 20 heavy (non-hydrogen) atoms. The second-order valence-corrected chi connectivity index (χ2v) is 4.28. The SMILES string of the molecule is COc1ccc(-c2nc(-c3cnn(C)c3)no2)cc1N. The molecule has 2 N–H and O–H groups in total. The van der Waals surface area contributed by atoms with Gasteiger partial charge in [0.05, 0.1) is 24.6 Å². The van der Waals surface area contributed by atoms with Gasteiger partial charge < -0.3 is 15.0 Å². The molecule has 102 valence electrons. The Kier molecular flexibility index (Phi) is 2.86. The fourth-order valence-electron chi connectivity index (χ4n) is 1.86. The van der Waals surface area contributed by atoms with E-state index in [1.807, 2.05) is 19.3 Å². The molecular weight excluding hydrogens is 258 g/mol. The zero-order chi connectivity index (χ0) is 14.1. The molecule has 2 heterocycles. The third-order valence-corrected chi connectivity index (χ3v) is 2.87. The lowest BCUT2D eigenvalue weighted by Crippen LogP contribution is -1.92. The maximum atomic E-state index is 5.86. The number of anilines is 1. The van der Waals surface area contributed by atoms with Crippen molar-refractivity contribution in [3.05, 3.63) is 30.6 Å². The number of rotatable bonds is 3. The number of aromatic nitrogens is 4. The predicted molar refractivity (Wildman–Crippen MR) is 72.9 cm³/mol. The fourth-order valence-corrected chi connectivity index (χ4v) is 1.86. The summed E-state index contributed by atoms with van der Waals surface area (Å²) in [6.07, 6.45) is 3.49. The Bertz CT molecular complexity index is 747. The molecule has 0 saturated heterocycles. The van der Waals surface area contributed by atoms with Crippen LogP contribution < -0.4 is 10.5 Å². The zero-order valence-electron chi connectivity index (χ0n) is 11.1. The number of nitrogen functional groups attached to an aromatic ring is 1. The van der Waals surface area contributed by atoms with Gasteiger partial charge in [-0.3, -0.25) is 4.68 Å². The predicted octanol–water partition coefficient (Wildman–Crippen LogP) is 1.73. The summed E-state index contributed by atoms with van der Waals surface area (Å²) in [5, 5.41) is 8.01. The first-order valence-corrected chi connectivity index (χ1v) is 5.94. The Morgan fingerprint density at radius 2 is 2.15 bits per heavy atom. The monoisotopic (exact) mass is 271 g/mol. The van der Waals surface area contributed by atoms with Crippen LogP contribution in [0.15, 0.2) is 35.1 Å². The van der Waals surface area contributed by atoms with Crippen LogP contribution in [0.1, 0.15) is 0 Å². The van der Waals surface area contributed by atoms with E-state index in [-0.39, 0.29) is 0 Å². The number of benzene rings is 1. The van der Waals surface area contributed by atoms with Crippen molar-refractivity contribution < 1.29 is 9.26 Å². The second kappa shape index (κ2) is 4.69. The maximum absolute atomic E-state index is 5.86. The lowest BCUT2D eigenvalue weighted by Gasteiger charge is -2.04. The van der Waals surface area contributed by atoms with E-state index >= 15 is 0 Å². The smallest absolute Gasteiger partial charge is 0.258 e. The van der Waals surface area contributed by atoms with Crippen LogP contribution in [0.5, 0.6) is 5.75 Å². The maximum Gasteiger partial charge on any atom is 0.258 e. The van der Waals surface area contributed by atoms with Crippen LogP contribution in [-0.4, -0.2) is 27.0 Å². The third kappa shape index (κ3) is 2.09. The number of methoxy groups -OCH3 is 1. The lowest BCUT2D eigenvalue weighted by atomic mass is 10.2. The summed E-state index contributed by atoms with van der Waals surface area (Å²) in [7, 11) is 3.40. The van der Waals surface area contributed by atoms with Gasteiger partial charge in [-0.25, -0.2) is 0 Å². The molecule has 0 saturated carbocycles. The van der Waals surface area contributed by atoms with Crippen LogP contribution in [0, 0.1) is 0 Å². The first kappa shape index (κ1) is 12.2. The number of nitrogens with zero attached hydrogens (tertiary/aromatic N) is 4. The van der Waals surface area contributed by atoms with Crippen LogP contribution in [-0.2, 0) is 7.05 Å². The Morgan fingerprint density at radius 1 is 1.30 bits per heavy atom. The van der Waals surface area contributed by atoms with E-state index in [1.165, 1.54) is 0 Å². The minimum Gasteiger partial charge on any atom is -0.495 e. The van der Waals surface area contributed by atoms with E-state index in [1.54, 1.807) is 30.1 Å². The fraction of sp³-hybridized carbons (Fsp3) is 0.154. The molecule has 0 aliphatic carbocycles. The topological polar surface area (TPSA) is 92.0 Å². The van der Waals surface area contributed by atoms with Crippen molar-refractivity contribution in [3.8, 4) is 28.6 Å². The standard InChI is InChI=1S/C13H13N5O2/c1-18-7-9(6-15-18)12-16-13(20-17-12)8-3-4-11(19-2)10(14)5-8/h3-7H,14H2,1-2H3. The van der Waals surface area contributed by atoms with Gasteiger partial charge in [0.2, 0.25) is 5.82 Å². The quantitative estimate of drug-likeness (QED) is 0.729. The van der Waals surface area contributed by atoms with E-state index in [0.29, 0.717) is 23.2 Å². The average Bonchev–Trinajstić information content (AvgIpc) is 3.07. The molecule has 0 atom stereocenters. The number of hydrogen-bond acceptors (Lipinski definition) is 6. The molecule has 0 spiro atoms. The first-order chi connectivity index (χ1) is 9.67. The van der Waals surface area contributed by atoms with Gasteiger partial charge in [-0.05, 0) is 18.2 Å². The first-order valence-electron chi connectivity index (χ1n) is 5.94. The molecule has 2 aromatic heterocycles. The molecule has 0 radical (unpaired) electrons. The van der Waals surface area contributed by atoms with Gasteiger partial charge in [0.15, 0.2) is 0 Å². The molecule has 1 aromatic carbocycles. The van der Waals surface area contributed by atoms with Crippen molar-refractivity contribution in [3.63, 3.8) is 0 Å². The summed E-state index contributed by atoms with van der Waals surface area (Å²) in [6.45, 7) is 0. The van der Waals surface area contributed by atoms with Crippen LogP contribution >= 0.6 is 0 Å². The summed E-state index contributed by atoms with van der Waals surface area (Å²) < 4.78 is 12.0. The van der Waals surface area contributed by atoms with Crippen molar-refractivity contribution in [2.24, 2.45) is 7.05 Å². The van der Waals surface area contributed by atoms with Gasteiger partial charge >= 0.3 is 0 Å². The number of aryl methyl sites for hydroxylation is 1. The Hall–Kier alpha value is -2.83. The van der Waals surface area contributed by atoms with Crippen molar-refractivity contribution in [1.29, 1.82) is 0 Å². The molecule has 0 amide bonds. The van der Waals surface area contributed by atoms with Crippen molar-refractivity contribution >= 4 is 5.69 Å². The van der Waals surface area contributed by atoms with E-state index in [9.17, 15) is 0 Å². The van der Waals surface area contributed by atoms with Gasteiger partial charge in [0, 0.05) is 18.8 Å². The van der Waals surface area contributed by atoms with Gasteiger partial charge in [0.25, 0.3) is 5.89 Å². The molecule has 0 aliphatic rings. The summed E-state index contributed by atoms with van der Waals surface area (Å²) in [4.78, 5) is 4.33. The second-order valence-electron chi connectivity index (χ2n) is 4.28. The largest absolute Gasteiger partial charge is 0.495 e. The van der Waals surface area contributed by atoms with Crippen molar-refractivity contribution in [2.75, 3.05) is 12.8 Å². The van der Waals surface area contributed by atoms with Crippen molar-refractivity contribution in [1.82, 2.24) is 19.9 Å². The summed E-state index contributed by atoms with van der Waals surface area (Å²) in [5.41, 5.74) is 7.92. The van der Waals surface area contributed by atoms with Gasteiger partial charge in [-0.15, -0.1) is 0 Å². The molecule has 3 rings (SSSR count). The van der Waals surface area contributed by atoms with Crippen LogP contribution in [0.4, 0.5) is 5.69 Å². The Labute approximate surface area is 115 Å². The number of hydrogen-bond donors (Lipinski definition) is 1. The van der Waals surface area contributed by atoms with Crippen LogP contribution in [0.25, 0.3) is 22.8 Å². The van der Waals surface area contributed by atoms with Gasteiger partial charge in [-0.2, -0.15) is 10.1 Å². The van der Waals surface area contributed by atoms with E-state index in [2.05, 4.69) is 15.2 Å². The normalized spacial score (nSPS) is 10.7. The highest BCUT2D eigenvalue weighted by Crippen LogP contribution is 2.28. The van der Waals surface area contributed by atoms with Crippen LogP contribution in [0.2, 0.25) is 0 Å². The Balaban J connectivity index is 1.95. The summed E-state index contributed by atoms with van der Waals surface area (Å²) in [6, 6.07) is 5.31. The van der Waals surface area contributed by atoms with E-state index < -0.39 is 0 Å². The third-order valence-electron chi connectivity index (χ3n) is 2.87. The number of ether oxygens (including phenoxy) is 1. The summed E-state index contributed by atoms with van der Waals surface area (Å²) in [5.74, 6) is 1.50. The molecule has 3 aromatic rings. The lowest BCUT2D eigenvalue weighted by molar-refractivity contribution is 0.416. The molecule has 0 fully saturated rings. The highest BCUT2D eigenvalue weighted by Gasteiger charge is 2.13. The molecule has 0 bridgehead atoms. The van der Waals surface area contributed by atoms with Gasteiger partial charge in [-0.1, -0.05) is 5.16 Å². The average molecular weight is 271 g/mol. The summed E-state index contributed by atoms with van der Waals surface area (Å²) >= 11 is 0. The van der Waals surface area contributed by atoms with Crippen LogP contribution in [0.3, 0.4) is 0 Å². The molecule has 7 nitrogen and oxygen atoms in total. The minimum absolute atomic E-state index is 0.401. The van der Waals surface area contributed by atoms with Crippen molar-refractivity contribution in [2.45, 2.75) is 0 Å². The molecule has 7 heteroatoms. The minimum atomic E-state index is 0.401. The van der Waals surface area contributed by atoms with E-state index in [4.69, 9.17) is 15.0 Å². The number of nitrogens with two attached hydrogens (primary N) is 1.